The van der Waals surface area contributed by atoms with Gasteiger partial charge in [0.2, 0.25) is 5.91 Å². The van der Waals surface area contributed by atoms with Gasteiger partial charge in [0, 0.05) is 5.56 Å². The highest BCUT2D eigenvalue weighted by molar-refractivity contribution is 6.32. The lowest BCUT2D eigenvalue weighted by molar-refractivity contribution is 0.100. The first-order valence-corrected chi connectivity index (χ1v) is 4.50. The van der Waals surface area contributed by atoms with E-state index < -0.39 is 5.91 Å². The lowest BCUT2D eigenvalue weighted by Gasteiger charge is -2.04. The van der Waals surface area contributed by atoms with Gasteiger partial charge in [-0.3, -0.25) is 9.36 Å². The van der Waals surface area contributed by atoms with Gasteiger partial charge in [0.1, 0.15) is 12.7 Å². The normalized spacial score (nSPS) is 10.2. The van der Waals surface area contributed by atoms with E-state index in [-0.39, 0.29) is 0 Å². The van der Waals surface area contributed by atoms with Crippen molar-refractivity contribution in [3.05, 3.63) is 41.4 Å². The molecule has 0 radical (unpaired) electrons. The van der Waals surface area contributed by atoms with Gasteiger partial charge in [0.05, 0.1) is 10.7 Å². The number of primary amides is 1. The van der Waals surface area contributed by atoms with Crippen LogP contribution in [0.15, 0.2) is 30.9 Å². The number of nitrogens with zero attached hydrogens (tertiary/aromatic N) is 3. The summed E-state index contributed by atoms with van der Waals surface area (Å²) >= 11 is 5.98. The van der Waals surface area contributed by atoms with Crippen LogP contribution in [-0.4, -0.2) is 20.7 Å². The summed E-state index contributed by atoms with van der Waals surface area (Å²) in [4.78, 5) is 10.9. The van der Waals surface area contributed by atoms with Crippen LogP contribution in [0.3, 0.4) is 0 Å². The topological polar surface area (TPSA) is 73.8 Å². The summed E-state index contributed by atoms with van der Waals surface area (Å²) in [5, 5.41) is 7.74. The molecule has 0 aliphatic rings. The maximum absolute atomic E-state index is 10.9. The van der Waals surface area contributed by atoms with Crippen molar-refractivity contribution in [3.8, 4) is 5.69 Å². The van der Waals surface area contributed by atoms with Crippen molar-refractivity contribution in [2.75, 3.05) is 0 Å². The monoisotopic (exact) mass is 222 g/mol. The van der Waals surface area contributed by atoms with Gasteiger partial charge in [0.15, 0.2) is 0 Å². The maximum atomic E-state index is 10.9. The van der Waals surface area contributed by atoms with Crippen molar-refractivity contribution in [1.82, 2.24) is 14.8 Å². The zero-order chi connectivity index (χ0) is 10.8. The predicted molar refractivity (Wildman–Crippen MR) is 54.9 cm³/mol. The lowest BCUT2D eigenvalue weighted by atomic mass is 10.2. The van der Waals surface area contributed by atoms with Crippen LogP contribution in [0, 0.1) is 0 Å². The summed E-state index contributed by atoms with van der Waals surface area (Å²) in [6.45, 7) is 0. The second kappa shape index (κ2) is 3.70. The highest BCUT2D eigenvalue weighted by atomic mass is 35.5. The highest BCUT2D eigenvalue weighted by Gasteiger charge is 2.06. The summed E-state index contributed by atoms with van der Waals surface area (Å²) in [6, 6.07) is 4.80. The van der Waals surface area contributed by atoms with E-state index in [1.165, 1.54) is 18.7 Å². The molecule has 2 N–H and O–H groups in total. The van der Waals surface area contributed by atoms with E-state index in [9.17, 15) is 4.79 Å². The molecule has 1 amide bonds. The molecule has 6 heteroatoms. The number of rotatable bonds is 2. The molecule has 0 aliphatic heterocycles. The van der Waals surface area contributed by atoms with Gasteiger partial charge in [0.25, 0.3) is 0 Å². The van der Waals surface area contributed by atoms with Crippen LogP contribution in [0.2, 0.25) is 5.02 Å². The Hall–Kier alpha value is -1.88. The minimum absolute atomic E-state index is 0.372. The number of carbonyl (C=O) groups excluding carboxylic acids is 1. The smallest absolute Gasteiger partial charge is 0.248 e. The van der Waals surface area contributed by atoms with Crippen molar-refractivity contribution >= 4 is 17.5 Å². The first kappa shape index (κ1) is 9.67. The van der Waals surface area contributed by atoms with E-state index in [0.717, 1.165) is 0 Å². The Morgan fingerprint density at radius 1 is 1.33 bits per heavy atom. The molecule has 0 bridgehead atoms. The van der Waals surface area contributed by atoms with E-state index >= 15 is 0 Å². The fourth-order valence-corrected chi connectivity index (χ4v) is 1.47. The summed E-state index contributed by atoms with van der Waals surface area (Å²) in [5.74, 6) is -0.507. The van der Waals surface area contributed by atoms with Crippen molar-refractivity contribution in [2.24, 2.45) is 5.73 Å². The fourth-order valence-electron chi connectivity index (χ4n) is 1.19. The van der Waals surface area contributed by atoms with Gasteiger partial charge in [-0.15, -0.1) is 10.2 Å². The molecule has 15 heavy (non-hydrogen) atoms. The number of amides is 1. The Morgan fingerprint density at radius 3 is 2.53 bits per heavy atom. The quantitative estimate of drug-likeness (QED) is 0.825. The molecule has 0 atom stereocenters. The molecule has 0 saturated carbocycles. The molecular formula is C9H7ClN4O. The number of benzene rings is 1. The lowest BCUT2D eigenvalue weighted by Crippen LogP contribution is -2.10. The molecule has 2 rings (SSSR count). The molecule has 1 aromatic carbocycles. The van der Waals surface area contributed by atoms with Gasteiger partial charge < -0.3 is 5.73 Å². The van der Waals surface area contributed by atoms with E-state index in [1.807, 2.05) is 0 Å². The number of hydrogen-bond donors (Lipinski definition) is 1. The van der Waals surface area contributed by atoms with Gasteiger partial charge in [-0.2, -0.15) is 0 Å². The molecule has 1 heterocycles. The third-order valence-electron chi connectivity index (χ3n) is 1.93. The summed E-state index contributed by atoms with van der Waals surface area (Å²) < 4.78 is 1.65. The van der Waals surface area contributed by atoms with E-state index in [4.69, 9.17) is 17.3 Å². The van der Waals surface area contributed by atoms with Crippen molar-refractivity contribution < 1.29 is 4.79 Å². The van der Waals surface area contributed by atoms with Crippen LogP contribution in [0.1, 0.15) is 10.4 Å². The number of halogens is 1. The third-order valence-corrected chi connectivity index (χ3v) is 2.23. The average molecular weight is 223 g/mol. The molecule has 0 saturated heterocycles. The van der Waals surface area contributed by atoms with Gasteiger partial charge in [-0.25, -0.2) is 0 Å². The second-order valence-electron chi connectivity index (χ2n) is 2.90. The summed E-state index contributed by atoms with van der Waals surface area (Å²) in [5.41, 5.74) is 6.20. The SMILES string of the molecule is NC(=O)c1ccc(-n2cnnc2)c(Cl)c1. The predicted octanol–water partition coefficient (Wildman–Crippen LogP) is 1.02. The highest BCUT2D eigenvalue weighted by Crippen LogP contribution is 2.21. The summed E-state index contributed by atoms with van der Waals surface area (Å²) in [6.07, 6.45) is 3.04. The van der Waals surface area contributed by atoms with Crippen LogP contribution in [0.5, 0.6) is 0 Å². The molecule has 1 aromatic heterocycles. The largest absolute Gasteiger partial charge is 0.366 e. The number of carbonyl (C=O) groups is 1. The Labute approximate surface area is 90.5 Å². The third kappa shape index (κ3) is 1.82. The zero-order valence-electron chi connectivity index (χ0n) is 7.59. The maximum Gasteiger partial charge on any atom is 0.248 e. The standard InChI is InChI=1S/C9H7ClN4O/c10-7-3-6(9(11)15)1-2-8(7)14-4-12-13-5-14/h1-5H,(H2,11,15). The van der Waals surface area contributed by atoms with Crippen LogP contribution in [0.4, 0.5) is 0 Å². The summed E-state index contributed by atoms with van der Waals surface area (Å²) in [7, 11) is 0. The average Bonchev–Trinajstić information content (AvgIpc) is 2.70. The first-order chi connectivity index (χ1) is 7.18. The van der Waals surface area contributed by atoms with E-state index in [2.05, 4.69) is 10.2 Å². The molecule has 76 valence electrons. The minimum Gasteiger partial charge on any atom is -0.366 e. The molecule has 0 unspecified atom stereocenters. The van der Waals surface area contributed by atoms with Crippen LogP contribution in [-0.2, 0) is 0 Å². The van der Waals surface area contributed by atoms with Crippen molar-refractivity contribution in [3.63, 3.8) is 0 Å². The number of hydrogen-bond acceptors (Lipinski definition) is 3. The first-order valence-electron chi connectivity index (χ1n) is 4.13. The molecule has 5 nitrogen and oxygen atoms in total. The molecule has 0 aliphatic carbocycles. The Balaban J connectivity index is 2.48. The minimum atomic E-state index is -0.507. The second-order valence-corrected chi connectivity index (χ2v) is 3.31. The Kier molecular flexibility index (Phi) is 2.39. The van der Waals surface area contributed by atoms with Crippen LogP contribution >= 0.6 is 11.6 Å². The molecule has 0 spiro atoms. The van der Waals surface area contributed by atoms with Gasteiger partial charge in [-0.1, -0.05) is 11.6 Å². The van der Waals surface area contributed by atoms with E-state index in [0.29, 0.717) is 16.3 Å². The van der Waals surface area contributed by atoms with Crippen LogP contribution < -0.4 is 5.73 Å². The number of nitrogens with two attached hydrogens (primary N) is 1. The van der Waals surface area contributed by atoms with Crippen LogP contribution in [0.25, 0.3) is 5.69 Å². The Bertz CT molecular complexity index is 495. The van der Waals surface area contributed by atoms with Gasteiger partial charge in [-0.05, 0) is 18.2 Å². The number of aromatic nitrogens is 3. The Morgan fingerprint density at radius 2 is 2.00 bits per heavy atom. The van der Waals surface area contributed by atoms with Crippen molar-refractivity contribution in [1.29, 1.82) is 0 Å². The molecule has 2 aromatic rings. The van der Waals surface area contributed by atoms with Crippen molar-refractivity contribution in [2.45, 2.75) is 0 Å². The van der Waals surface area contributed by atoms with E-state index in [1.54, 1.807) is 16.7 Å². The van der Waals surface area contributed by atoms with Gasteiger partial charge >= 0.3 is 0 Å². The molecular weight excluding hydrogens is 216 g/mol. The fraction of sp³-hybridized carbons (Fsp3) is 0. The molecule has 0 fully saturated rings. The zero-order valence-corrected chi connectivity index (χ0v) is 8.35.